The Morgan fingerprint density at radius 2 is 1.72 bits per heavy atom. The number of carbonyl (C=O) groups is 2. The first kappa shape index (κ1) is 26.9. The molecule has 0 aliphatic carbocycles. The highest BCUT2D eigenvalue weighted by Gasteiger charge is 2.31. The van der Waals surface area contributed by atoms with Gasteiger partial charge in [0.1, 0.15) is 0 Å². The summed E-state index contributed by atoms with van der Waals surface area (Å²) in [6.07, 6.45) is 0.798. The SMILES string of the molecule is CCOP(=O)(Oc1c(Cl)cc(C(=O)c2ccc(C(=O)N(C)C)cc2)cc1Br)SC(C)CC. The number of carbonyl (C=O) groups excluding carboxylic acids is 2. The van der Waals surface area contributed by atoms with Gasteiger partial charge < -0.3 is 9.42 Å². The Morgan fingerprint density at radius 3 is 2.22 bits per heavy atom. The number of ketones is 1. The highest BCUT2D eigenvalue weighted by Crippen LogP contribution is 2.63. The minimum Gasteiger partial charge on any atom is -0.414 e. The molecular formula is C22H26BrClNO5PS. The molecule has 32 heavy (non-hydrogen) atoms. The quantitative estimate of drug-likeness (QED) is 0.227. The van der Waals surface area contributed by atoms with Crippen LogP contribution in [-0.2, 0) is 9.09 Å². The standard InChI is InChI=1S/C22H26BrClNO5PS/c1-6-14(3)32-31(28,29-7-2)30-21-18(23)12-17(13-19(21)24)20(26)15-8-10-16(11-9-15)22(27)25(4)5/h8-14H,6-7H2,1-5H3. The molecule has 0 heterocycles. The van der Waals surface area contributed by atoms with E-state index in [1.807, 2.05) is 13.8 Å². The number of nitrogens with zero attached hydrogens (tertiary/aromatic N) is 1. The van der Waals surface area contributed by atoms with E-state index in [0.29, 0.717) is 21.2 Å². The first-order chi connectivity index (χ1) is 15.0. The molecule has 2 aromatic carbocycles. The summed E-state index contributed by atoms with van der Waals surface area (Å²) in [6.45, 7) is 2.38. The molecule has 0 bridgehead atoms. The Hall–Kier alpha value is -1.31. The van der Waals surface area contributed by atoms with E-state index in [-0.39, 0.29) is 34.3 Å². The highest BCUT2D eigenvalue weighted by atomic mass is 79.9. The van der Waals surface area contributed by atoms with Crippen LogP contribution in [0.4, 0.5) is 0 Å². The maximum absolute atomic E-state index is 13.2. The number of hydrogen-bond acceptors (Lipinski definition) is 6. The number of benzene rings is 2. The van der Waals surface area contributed by atoms with Crippen molar-refractivity contribution in [2.75, 3.05) is 20.7 Å². The summed E-state index contributed by atoms with van der Waals surface area (Å²) in [7, 11) is 3.33. The maximum Gasteiger partial charge on any atom is 0.440 e. The smallest absolute Gasteiger partial charge is 0.414 e. The van der Waals surface area contributed by atoms with Crippen molar-refractivity contribution in [2.24, 2.45) is 0 Å². The first-order valence-corrected chi connectivity index (χ1v) is 14.2. The van der Waals surface area contributed by atoms with Gasteiger partial charge in [0.2, 0.25) is 0 Å². The van der Waals surface area contributed by atoms with Crippen LogP contribution in [-0.4, -0.2) is 42.5 Å². The number of halogens is 2. The van der Waals surface area contributed by atoms with Crippen LogP contribution >= 0.6 is 45.7 Å². The molecular weight excluding hydrogens is 537 g/mol. The predicted molar refractivity (Wildman–Crippen MR) is 134 cm³/mol. The topological polar surface area (TPSA) is 72.9 Å². The molecule has 0 N–H and O–H groups in total. The first-order valence-electron chi connectivity index (χ1n) is 9.99. The third-order valence-electron chi connectivity index (χ3n) is 4.43. The second-order valence-corrected chi connectivity index (χ2v) is 12.7. The lowest BCUT2D eigenvalue weighted by molar-refractivity contribution is 0.0827. The van der Waals surface area contributed by atoms with Gasteiger partial charge in [-0.05, 0) is 64.9 Å². The minimum atomic E-state index is -3.51. The van der Waals surface area contributed by atoms with E-state index in [9.17, 15) is 14.2 Å². The molecule has 6 nitrogen and oxygen atoms in total. The summed E-state index contributed by atoms with van der Waals surface area (Å²) >= 11 is 10.9. The van der Waals surface area contributed by atoms with Crippen LogP contribution in [0.3, 0.4) is 0 Å². The Morgan fingerprint density at radius 1 is 1.12 bits per heavy atom. The fraction of sp³-hybridized carbons (Fsp3) is 0.364. The molecule has 174 valence electrons. The van der Waals surface area contributed by atoms with Crippen LogP contribution < -0.4 is 4.52 Å². The van der Waals surface area contributed by atoms with Crippen molar-refractivity contribution in [3.05, 3.63) is 62.6 Å². The largest absolute Gasteiger partial charge is 0.440 e. The Labute approximate surface area is 206 Å². The number of hydrogen-bond donors (Lipinski definition) is 0. The van der Waals surface area contributed by atoms with Gasteiger partial charge in [0.15, 0.2) is 11.5 Å². The van der Waals surface area contributed by atoms with Crippen LogP contribution in [0.2, 0.25) is 5.02 Å². The van der Waals surface area contributed by atoms with E-state index < -0.39 is 6.80 Å². The molecule has 0 fully saturated rings. The van der Waals surface area contributed by atoms with E-state index >= 15 is 0 Å². The summed E-state index contributed by atoms with van der Waals surface area (Å²) in [5.74, 6) is -0.266. The van der Waals surface area contributed by atoms with Crippen LogP contribution in [0, 0.1) is 0 Å². The Bertz CT molecular complexity index is 1010. The molecule has 2 unspecified atom stereocenters. The fourth-order valence-electron chi connectivity index (χ4n) is 2.61. The van der Waals surface area contributed by atoms with Gasteiger partial charge in [0.25, 0.3) is 5.91 Å². The lowest BCUT2D eigenvalue weighted by atomic mass is 10.0. The summed E-state index contributed by atoms with van der Waals surface area (Å²) in [5, 5.41) is 0.194. The maximum atomic E-state index is 13.2. The molecule has 0 saturated carbocycles. The lowest BCUT2D eigenvalue weighted by Gasteiger charge is -2.21. The molecule has 0 spiro atoms. The second kappa shape index (κ2) is 11.7. The summed E-state index contributed by atoms with van der Waals surface area (Å²) in [4.78, 5) is 26.5. The number of amides is 1. The van der Waals surface area contributed by atoms with Crippen LogP contribution in [0.15, 0.2) is 40.9 Å². The van der Waals surface area contributed by atoms with Crippen molar-refractivity contribution in [3.8, 4) is 5.75 Å². The molecule has 0 aliphatic heterocycles. The van der Waals surface area contributed by atoms with Gasteiger partial charge in [-0.2, -0.15) is 0 Å². The third-order valence-corrected chi connectivity index (χ3v) is 9.63. The average Bonchev–Trinajstić information content (AvgIpc) is 2.75. The van der Waals surface area contributed by atoms with Gasteiger partial charge in [-0.15, -0.1) is 0 Å². The van der Waals surface area contributed by atoms with E-state index in [0.717, 1.165) is 17.8 Å². The zero-order valence-electron chi connectivity index (χ0n) is 18.6. The van der Waals surface area contributed by atoms with Crippen molar-refractivity contribution >= 4 is 57.4 Å². The van der Waals surface area contributed by atoms with Gasteiger partial charge in [-0.25, -0.2) is 4.57 Å². The van der Waals surface area contributed by atoms with E-state index in [1.165, 1.54) is 11.0 Å². The van der Waals surface area contributed by atoms with Crippen LogP contribution in [0.1, 0.15) is 53.5 Å². The van der Waals surface area contributed by atoms with Crippen molar-refractivity contribution in [1.29, 1.82) is 0 Å². The minimum absolute atomic E-state index is 0.0631. The molecule has 10 heteroatoms. The molecule has 2 atom stereocenters. The van der Waals surface area contributed by atoms with Crippen LogP contribution in [0.25, 0.3) is 0 Å². The number of rotatable bonds is 10. The summed E-state index contributed by atoms with van der Waals surface area (Å²) in [6, 6.07) is 9.43. The van der Waals surface area contributed by atoms with Gasteiger partial charge in [-0.3, -0.25) is 14.1 Å². The zero-order valence-corrected chi connectivity index (χ0v) is 22.6. The molecule has 2 aromatic rings. The zero-order chi connectivity index (χ0) is 24.1. The highest BCUT2D eigenvalue weighted by molar-refractivity contribution is 9.10. The Balaban J connectivity index is 2.31. The van der Waals surface area contributed by atoms with E-state index in [4.69, 9.17) is 20.6 Å². The predicted octanol–water partition coefficient (Wildman–Crippen LogP) is 7.09. The van der Waals surface area contributed by atoms with Gasteiger partial charge in [0, 0.05) is 36.0 Å². The van der Waals surface area contributed by atoms with Gasteiger partial charge in [0.05, 0.1) is 16.1 Å². The van der Waals surface area contributed by atoms with Crippen molar-refractivity contribution < 1.29 is 23.2 Å². The average molecular weight is 563 g/mol. The van der Waals surface area contributed by atoms with Crippen molar-refractivity contribution in [3.63, 3.8) is 0 Å². The van der Waals surface area contributed by atoms with E-state index in [2.05, 4.69) is 15.9 Å². The lowest BCUT2D eigenvalue weighted by Crippen LogP contribution is -2.21. The van der Waals surface area contributed by atoms with Gasteiger partial charge in [-0.1, -0.05) is 37.6 Å². The molecule has 0 radical (unpaired) electrons. The van der Waals surface area contributed by atoms with Crippen LogP contribution in [0.5, 0.6) is 5.75 Å². The molecule has 2 rings (SSSR count). The van der Waals surface area contributed by atoms with Crippen molar-refractivity contribution in [1.82, 2.24) is 4.90 Å². The molecule has 0 saturated heterocycles. The molecule has 1 amide bonds. The third kappa shape index (κ3) is 6.84. The normalized spacial score (nSPS) is 13.8. The monoisotopic (exact) mass is 561 g/mol. The second-order valence-electron chi connectivity index (χ2n) is 7.16. The van der Waals surface area contributed by atoms with Crippen molar-refractivity contribution in [2.45, 2.75) is 32.4 Å². The van der Waals surface area contributed by atoms with E-state index in [1.54, 1.807) is 51.4 Å². The fourth-order valence-corrected chi connectivity index (χ4v) is 7.81. The van der Waals surface area contributed by atoms with Gasteiger partial charge >= 0.3 is 6.80 Å². The Kier molecular flexibility index (Phi) is 9.85. The summed E-state index contributed by atoms with van der Waals surface area (Å²) in [5.41, 5.74) is 1.21. The molecule has 0 aromatic heterocycles. The summed E-state index contributed by atoms with van der Waals surface area (Å²) < 4.78 is 24.7. The molecule has 0 aliphatic rings.